The van der Waals surface area contributed by atoms with Gasteiger partial charge in [0.05, 0.1) is 31.7 Å². The molecule has 0 bridgehead atoms. The van der Waals surface area contributed by atoms with Crippen LogP contribution in [-0.2, 0) is 4.79 Å². The summed E-state index contributed by atoms with van der Waals surface area (Å²) in [6.07, 6.45) is 0.991. The van der Waals surface area contributed by atoms with E-state index in [1.54, 1.807) is 23.1 Å². The molecule has 5 heteroatoms. The van der Waals surface area contributed by atoms with Crippen molar-refractivity contribution in [3.05, 3.63) is 24.3 Å². The first-order valence-electron chi connectivity index (χ1n) is 6.51. The summed E-state index contributed by atoms with van der Waals surface area (Å²) in [5.41, 5.74) is 5.59. The Balaban J connectivity index is 1.71. The highest BCUT2D eigenvalue weighted by Crippen LogP contribution is 2.24. The lowest BCUT2D eigenvalue weighted by atomic mass is 9.91. The summed E-state index contributed by atoms with van der Waals surface area (Å²) in [5, 5.41) is 9.83. The number of hydrogen-bond donors (Lipinski definition) is 2. The molecule has 1 aromatic carbocycles. The van der Waals surface area contributed by atoms with Crippen molar-refractivity contribution in [2.24, 2.45) is 0 Å². The van der Waals surface area contributed by atoms with Gasteiger partial charge in [0.25, 0.3) is 0 Å². The molecule has 1 heterocycles. The molecule has 0 radical (unpaired) electrons. The molecule has 0 aliphatic carbocycles. The smallest absolute Gasteiger partial charge is 0.226 e. The first-order valence-corrected chi connectivity index (χ1v) is 6.51. The monoisotopic (exact) mass is 264 g/mol. The van der Waals surface area contributed by atoms with Gasteiger partial charge in [-0.3, -0.25) is 4.79 Å². The van der Waals surface area contributed by atoms with Crippen LogP contribution in [0.25, 0.3) is 0 Å². The third kappa shape index (κ3) is 3.38. The van der Waals surface area contributed by atoms with Crippen molar-refractivity contribution in [3.63, 3.8) is 0 Å². The van der Waals surface area contributed by atoms with Crippen molar-refractivity contribution >= 4 is 11.6 Å². The highest BCUT2D eigenvalue weighted by Gasteiger charge is 2.41. The minimum absolute atomic E-state index is 0.0158. The third-order valence-electron chi connectivity index (χ3n) is 3.42. The predicted molar refractivity (Wildman–Crippen MR) is 72.8 cm³/mol. The summed E-state index contributed by atoms with van der Waals surface area (Å²) in [6, 6.07) is 7.12. The lowest BCUT2D eigenvalue weighted by molar-refractivity contribution is -0.156. The van der Waals surface area contributed by atoms with E-state index in [1.165, 1.54) is 0 Å². The zero-order valence-corrected chi connectivity index (χ0v) is 11.1. The molecule has 0 spiro atoms. The van der Waals surface area contributed by atoms with E-state index in [0.29, 0.717) is 44.0 Å². The van der Waals surface area contributed by atoms with Crippen LogP contribution in [-0.4, -0.2) is 41.2 Å². The lowest BCUT2D eigenvalue weighted by Crippen LogP contribution is -2.63. The lowest BCUT2D eigenvalue weighted by Gasteiger charge is -2.46. The Morgan fingerprint density at radius 2 is 2.26 bits per heavy atom. The molecule has 19 heavy (non-hydrogen) atoms. The third-order valence-corrected chi connectivity index (χ3v) is 3.42. The van der Waals surface area contributed by atoms with Gasteiger partial charge in [-0.05, 0) is 18.6 Å². The molecule has 1 amide bonds. The quantitative estimate of drug-likeness (QED) is 0.779. The van der Waals surface area contributed by atoms with E-state index in [1.807, 2.05) is 13.0 Å². The van der Waals surface area contributed by atoms with E-state index >= 15 is 0 Å². The summed E-state index contributed by atoms with van der Waals surface area (Å²) < 4.78 is 5.46. The maximum absolute atomic E-state index is 11.8. The second-order valence-corrected chi connectivity index (χ2v) is 5.00. The van der Waals surface area contributed by atoms with Gasteiger partial charge in [-0.25, -0.2) is 0 Å². The SMILES string of the molecule is CCC1(O)CN(C(=O)CCOc2cccc(N)c2)C1. The second kappa shape index (κ2) is 5.48. The predicted octanol–water partition coefficient (Wildman–Crippen LogP) is 1.02. The second-order valence-electron chi connectivity index (χ2n) is 5.00. The number of anilines is 1. The zero-order valence-electron chi connectivity index (χ0n) is 11.1. The topological polar surface area (TPSA) is 75.8 Å². The normalized spacial score (nSPS) is 16.8. The van der Waals surface area contributed by atoms with Gasteiger partial charge in [-0.15, -0.1) is 0 Å². The molecule has 0 atom stereocenters. The fraction of sp³-hybridized carbons (Fsp3) is 0.500. The number of rotatable bonds is 5. The number of nitrogens with two attached hydrogens (primary N) is 1. The Morgan fingerprint density at radius 3 is 2.89 bits per heavy atom. The molecule has 2 rings (SSSR count). The van der Waals surface area contributed by atoms with Crippen LogP contribution in [0.1, 0.15) is 19.8 Å². The maximum Gasteiger partial charge on any atom is 0.226 e. The van der Waals surface area contributed by atoms with Crippen LogP contribution in [0, 0.1) is 0 Å². The Bertz CT molecular complexity index is 456. The van der Waals surface area contributed by atoms with Gasteiger partial charge in [0.2, 0.25) is 5.91 Å². The van der Waals surface area contributed by atoms with Gasteiger partial charge in [0.15, 0.2) is 0 Å². The van der Waals surface area contributed by atoms with Crippen molar-refractivity contribution in [2.45, 2.75) is 25.4 Å². The molecule has 0 aromatic heterocycles. The number of amides is 1. The standard InChI is InChI=1S/C14H20N2O3/c1-2-14(18)9-16(10-14)13(17)6-7-19-12-5-3-4-11(15)8-12/h3-5,8,18H,2,6-7,9-10,15H2,1H3. The van der Waals surface area contributed by atoms with E-state index < -0.39 is 5.60 Å². The number of nitrogen functional groups attached to an aromatic ring is 1. The van der Waals surface area contributed by atoms with Gasteiger partial charge < -0.3 is 20.5 Å². The van der Waals surface area contributed by atoms with Gasteiger partial charge in [-0.1, -0.05) is 13.0 Å². The summed E-state index contributed by atoms with van der Waals surface area (Å²) in [7, 11) is 0. The van der Waals surface area contributed by atoms with Crippen molar-refractivity contribution in [2.75, 3.05) is 25.4 Å². The molecule has 5 nitrogen and oxygen atoms in total. The number of ether oxygens (including phenoxy) is 1. The molecule has 0 saturated carbocycles. The first-order chi connectivity index (χ1) is 9.02. The molecule has 1 aliphatic heterocycles. The number of carbonyl (C=O) groups is 1. The van der Waals surface area contributed by atoms with Gasteiger partial charge in [0, 0.05) is 11.8 Å². The van der Waals surface area contributed by atoms with Crippen molar-refractivity contribution in [1.29, 1.82) is 0 Å². The Hall–Kier alpha value is -1.75. The molecule has 1 aromatic rings. The highest BCUT2D eigenvalue weighted by atomic mass is 16.5. The fourth-order valence-electron chi connectivity index (χ4n) is 2.08. The van der Waals surface area contributed by atoms with Gasteiger partial charge in [-0.2, -0.15) is 0 Å². The largest absolute Gasteiger partial charge is 0.493 e. The minimum atomic E-state index is -0.676. The van der Waals surface area contributed by atoms with Crippen LogP contribution in [0.2, 0.25) is 0 Å². The van der Waals surface area contributed by atoms with E-state index in [-0.39, 0.29) is 5.91 Å². The average Bonchev–Trinajstić information content (AvgIpc) is 2.35. The van der Waals surface area contributed by atoms with Crippen LogP contribution in [0.15, 0.2) is 24.3 Å². The van der Waals surface area contributed by atoms with Gasteiger partial charge >= 0.3 is 0 Å². The van der Waals surface area contributed by atoms with Crippen LogP contribution >= 0.6 is 0 Å². The Morgan fingerprint density at radius 1 is 1.53 bits per heavy atom. The molecule has 104 valence electrons. The zero-order chi connectivity index (χ0) is 13.9. The van der Waals surface area contributed by atoms with Crippen molar-refractivity contribution < 1.29 is 14.6 Å². The molecule has 0 unspecified atom stereocenters. The molecular weight excluding hydrogens is 244 g/mol. The number of likely N-dealkylation sites (tertiary alicyclic amines) is 1. The number of aliphatic hydroxyl groups is 1. The highest BCUT2D eigenvalue weighted by molar-refractivity contribution is 5.77. The van der Waals surface area contributed by atoms with Crippen molar-refractivity contribution in [3.8, 4) is 5.75 Å². The first kappa shape index (κ1) is 13.7. The number of benzene rings is 1. The van der Waals surface area contributed by atoms with E-state index in [2.05, 4.69) is 0 Å². The maximum atomic E-state index is 11.8. The summed E-state index contributed by atoms with van der Waals surface area (Å²) >= 11 is 0. The molecular formula is C14H20N2O3. The Kier molecular flexibility index (Phi) is 3.95. The van der Waals surface area contributed by atoms with Crippen LogP contribution in [0.4, 0.5) is 5.69 Å². The van der Waals surface area contributed by atoms with Crippen LogP contribution in [0.5, 0.6) is 5.75 Å². The van der Waals surface area contributed by atoms with Crippen LogP contribution < -0.4 is 10.5 Å². The van der Waals surface area contributed by atoms with E-state index in [0.717, 1.165) is 0 Å². The van der Waals surface area contributed by atoms with Gasteiger partial charge in [0.1, 0.15) is 5.75 Å². The van der Waals surface area contributed by atoms with E-state index in [4.69, 9.17) is 10.5 Å². The van der Waals surface area contributed by atoms with Crippen LogP contribution in [0.3, 0.4) is 0 Å². The minimum Gasteiger partial charge on any atom is -0.493 e. The molecule has 3 N–H and O–H groups in total. The molecule has 1 saturated heterocycles. The number of nitrogens with zero attached hydrogens (tertiary/aromatic N) is 1. The average molecular weight is 264 g/mol. The summed E-state index contributed by atoms with van der Waals surface area (Å²) in [6.45, 7) is 3.11. The summed E-state index contributed by atoms with van der Waals surface area (Å²) in [5.74, 6) is 0.684. The molecule has 1 aliphatic rings. The summed E-state index contributed by atoms with van der Waals surface area (Å²) in [4.78, 5) is 13.5. The Labute approximate surface area is 113 Å². The number of β-amino-alcohol motifs (C(OH)–C–C–N with tert-alkyl or cyclic N) is 1. The molecule has 1 fully saturated rings. The fourth-order valence-corrected chi connectivity index (χ4v) is 2.08. The number of hydrogen-bond acceptors (Lipinski definition) is 4. The van der Waals surface area contributed by atoms with Crippen molar-refractivity contribution in [1.82, 2.24) is 4.90 Å². The van der Waals surface area contributed by atoms with E-state index in [9.17, 15) is 9.90 Å². The number of carbonyl (C=O) groups excluding carboxylic acids is 1.